The summed E-state index contributed by atoms with van der Waals surface area (Å²) in [5, 5.41) is 1.73. The smallest absolute Gasteiger partial charge is 0.328 e. The summed E-state index contributed by atoms with van der Waals surface area (Å²) in [5.74, 6) is 0.381. The molecular formula is C25H21N3O4S. The lowest BCUT2D eigenvalue weighted by molar-refractivity contribution is -0.123. The molecule has 7 nitrogen and oxygen atoms in total. The van der Waals surface area contributed by atoms with Gasteiger partial charge in [0.1, 0.15) is 12.4 Å². The number of rotatable bonds is 5. The van der Waals surface area contributed by atoms with Crippen LogP contribution >= 0.6 is 11.8 Å². The van der Waals surface area contributed by atoms with Crippen LogP contribution in [0, 0.1) is 0 Å². The second kappa shape index (κ2) is 8.29. The molecule has 3 aromatic carbocycles. The molecule has 1 fully saturated rings. The van der Waals surface area contributed by atoms with Gasteiger partial charge in [0, 0.05) is 19.5 Å². The van der Waals surface area contributed by atoms with Crippen molar-refractivity contribution in [2.45, 2.75) is 0 Å². The van der Waals surface area contributed by atoms with Crippen LogP contribution in [0.5, 0.6) is 5.75 Å². The monoisotopic (exact) mass is 459 g/mol. The normalized spacial score (nSPS) is 15.3. The van der Waals surface area contributed by atoms with Crippen LogP contribution in [0.4, 0.5) is 4.79 Å². The molecule has 1 saturated heterocycles. The van der Waals surface area contributed by atoms with E-state index in [1.165, 1.54) is 4.90 Å². The van der Waals surface area contributed by atoms with Gasteiger partial charge in [-0.1, -0.05) is 42.5 Å². The number of aromatic nitrogens is 2. The van der Waals surface area contributed by atoms with Crippen molar-refractivity contribution in [2.75, 3.05) is 13.2 Å². The van der Waals surface area contributed by atoms with E-state index < -0.39 is 0 Å². The molecule has 0 N–H and O–H groups in total. The van der Waals surface area contributed by atoms with Gasteiger partial charge in [0.05, 0.1) is 22.5 Å². The number of amides is 2. The molecule has 2 heterocycles. The number of carbonyl (C=O) groups excluding carboxylic acids is 2. The minimum absolute atomic E-state index is 0.117. The highest BCUT2D eigenvalue weighted by atomic mass is 32.2. The standard InChI is InChI=1S/C25H21N3O4S/c1-26-19-11-10-16(14-20(19)27(2)24(26)30)15-22-23(29)28(25(31)33-22)12-13-32-21-9-5-7-17-6-3-4-8-18(17)21/h3-11,14-15H,12-13H2,1-2H3/b22-15-. The Labute approximate surface area is 193 Å². The van der Waals surface area contributed by atoms with E-state index in [9.17, 15) is 14.4 Å². The van der Waals surface area contributed by atoms with E-state index >= 15 is 0 Å². The molecule has 0 spiro atoms. The molecule has 1 aliphatic rings. The van der Waals surface area contributed by atoms with Crippen molar-refractivity contribution in [1.82, 2.24) is 14.0 Å². The number of benzene rings is 3. The SMILES string of the molecule is Cn1c(=O)n(C)c2cc(/C=C3\SC(=O)N(CCOc4cccc5ccccc45)C3=O)ccc21. The van der Waals surface area contributed by atoms with Crippen molar-refractivity contribution in [1.29, 1.82) is 0 Å². The topological polar surface area (TPSA) is 73.5 Å². The summed E-state index contributed by atoms with van der Waals surface area (Å²) in [6, 6.07) is 19.2. The Balaban J connectivity index is 1.32. The third-order valence-corrected chi connectivity index (χ3v) is 6.70. The minimum Gasteiger partial charge on any atom is -0.491 e. The summed E-state index contributed by atoms with van der Waals surface area (Å²) in [6.07, 6.45) is 1.69. The first kappa shape index (κ1) is 21.1. The van der Waals surface area contributed by atoms with Crippen LogP contribution in [0.15, 0.2) is 70.4 Å². The molecule has 8 heteroatoms. The van der Waals surface area contributed by atoms with Crippen LogP contribution in [-0.2, 0) is 18.9 Å². The Morgan fingerprint density at radius 3 is 2.52 bits per heavy atom. The number of fused-ring (bicyclic) bond motifs is 2. The molecule has 1 aliphatic heterocycles. The molecule has 166 valence electrons. The number of nitrogens with zero attached hydrogens (tertiary/aromatic N) is 3. The first-order valence-electron chi connectivity index (χ1n) is 10.5. The Bertz CT molecular complexity index is 1510. The summed E-state index contributed by atoms with van der Waals surface area (Å²) in [4.78, 5) is 39.0. The maximum Gasteiger partial charge on any atom is 0.328 e. The molecule has 0 bridgehead atoms. The number of imide groups is 1. The van der Waals surface area contributed by atoms with Gasteiger partial charge in [0.25, 0.3) is 11.1 Å². The second-order valence-corrected chi connectivity index (χ2v) is 8.80. The zero-order chi connectivity index (χ0) is 23.1. The van der Waals surface area contributed by atoms with Crippen molar-refractivity contribution in [3.63, 3.8) is 0 Å². The average Bonchev–Trinajstić information content (AvgIpc) is 3.21. The molecule has 33 heavy (non-hydrogen) atoms. The van der Waals surface area contributed by atoms with Gasteiger partial charge in [-0.15, -0.1) is 0 Å². The number of aryl methyl sites for hydroxylation is 2. The van der Waals surface area contributed by atoms with E-state index in [1.54, 1.807) is 29.3 Å². The molecule has 2 amide bonds. The third kappa shape index (κ3) is 3.72. The first-order valence-corrected chi connectivity index (χ1v) is 11.3. The van der Waals surface area contributed by atoms with Crippen LogP contribution in [0.3, 0.4) is 0 Å². The van der Waals surface area contributed by atoms with E-state index in [4.69, 9.17) is 4.74 Å². The van der Waals surface area contributed by atoms with Gasteiger partial charge >= 0.3 is 5.69 Å². The lowest BCUT2D eigenvalue weighted by Gasteiger charge is -2.14. The highest BCUT2D eigenvalue weighted by Gasteiger charge is 2.34. The van der Waals surface area contributed by atoms with Crippen molar-refractivity contribution in [3.05, 3.63) is 81.6 Å². The Morgan fingerprint density at radius 2 is 1.67 bits per heavy atom. The van der Waals surface area contributed by atoms with Crippen LogP contribution in [0.25, 0.3) is 27.9 Å². The van der Waals surface area contributed by atoms with Gasteiger partial charge in [-0.2, -0.15) is 0 Å². The van der Waals surface area contributed by atoms with E-state index in [0.717, 1.165) is 44.9 Å². The highest BCUT2D eigenvalue weighted by molar-refractivity contribution is 8.18. The fourth-order valence-corrected chi connectivity index (χ4v) is 4.89. The predicted molar refractivity (Wildman–Crippen MR) is 130 cm³/mol. The van der Waals surface area contributed by atoms with Gasteiger partial charge < -0.3 is 4.74 Å². The van der Waals surface area contributed by atoms with Crippen LogP contribution < -0.4 is 10.4 Å². The molecule has 0 atom stereocenters. The number of carbonyl (C=O) groups is 2. The lowest BCUT2D eigenvalue weighted by Crippen LogP contribution is -2.32. The summed E-state index contributed by atoms with van der Waals surface area (Å²) in [5.41, 5.74) is 2.20. The lowest BCUT2D eigenvalue weighted by atomic mass is 10.1. The van der Waals surface area contributed by atoms with Crippen molar-refractivity contribution in [2.24, 2.45) is 14.1 Å². The molecule has 0 saturated carbocycles. The molecule has 0 aliphatic carbocycles. The predicted octanol–water partition coefficient (Wildman–Crippen LogP) is 4.15. The zero-order valence-electron chi connectivity index (χ0n) is 18.1. The summed E-state index contributed by atoms with van der Waals surface area (Å²) in [7, 11) is 3.42. The quantitative estimate of drug-likeness (QED) is 0.419. The van der Waals surface area contributed by atoms with Gasteiger partial charge in [-0.3, -0.25) is 23.6 Å². The largest absolute Gasteiger partial charge is 0.491 e. The van der Waals surface area contributed by atoms with E-state index in [2.05, 4.69) is 0 Å². The Hall–Kier alpha value is -3.78. The van der Waals surface area contributed by atoms with E-state index in [0.29, 0.717) is 4.91 Å². The molecule has 5 rings (SSSR count). The molecule has 1 aromatic heterocycles. The number of ether oxygens (including phenoxy) is 1. The van der Waals surface area contributed by atoms with Crippen LogP contribution in [-0.4, -0.2) is 38.3 Å². The maximum atomic E-state index is 12.9. The Kier molecular flexibility index (Phi) is 5.30. The van der Waals surface area contributed by atoms with Crippen LogP contribution in [0.2, 0.25) is 0 Å². The van der Waals surface area contributed by atoms with Gasteiger partial charge in [-0.25, -0.2) is 4.79 Å². The Morgan fingerprint density at radius 1 is 0.909 bits per heavy atom. The van der Waals surface area contributed by atoms with Crippen molar-refractivity contribution < 1.29 is 14.3 Å². The summed E-state index contributed by atoms with van der Waals surface area (Å²) < 4.78 is 9.03. The summed E-state index contributed by atoms with van der Waals surface area (Å²) in [6.45, 7) is 0.370. The maximum absolute atomic E-state index is 12.9. The first-order chi connectivity index (χ1) is 15.9. The fraction of sp³-hybridized carbons (Fsp3) is 0.160. The van der Waals surface area contributed by atoms with Gasteiger partial charge in [0.2, 0.25) is 0 Å². The molecular weight excluding hydrogens is 438 g/mol. The number of hydrogen-bond acceptors (Lipinski definition) is 5. The van der Waals surface area contributed by atoms with E-state index in [1.807, 2.05) is 60.7 Å². The average molecular weight is 460 g/mol. The van der Waals surface area contributed by atoms with E-state index in [-0.39, 0.29) is 30.0 Å². The molecule has 0 unspecified atom stereocenters. The van der Waals surface area contributed by atoms with Crippen LogP contribution in [0.1, 0.15) is 5.56 Å². The van der Waals surface area contributed by atoms with Crippen molar-refractivity contribution >= 4 is 50.8 Å². The van der Waals surface area contributed by atoms with Crippen molar-refractivity contribution in [3.8, 4) is 5.75 Å². The minimum atomic E-state index is -0.339. The number of imidazole rings is 1. The number of hydrogen-bond donors (Lipinski definition) is 0. The third-order valence-electron chi connectivity index (χ3n) is 5.79. The zero-order valence-corrected chi connectivity index (χ0v) is 19.0. The van der Waals surface area contributed by atoms with Gasteiger partial charge in [0.15, 0.2) is 0 Å². The summed E-state index contributed by atoms with van der Waals surface area (Å²) >= 11 is 0.913. The highest BCUT2D eigenvalue weighted by Crippen LogP contribution is 2.33. The van der Waals surface area contributed by atoms with Gasteiger partial charge in [-0.05, 0) is 47.0 Å². The molecule has 4 aromatic rings. The number of thioether (sulfide) groups is 1. The fourth-order valence-electron chi connectivity index (χ4n) is 4.03. The molecule has 0 radical (unpaired) electrons. The second-order valence-electron chi connectivity index (χ2n) is 7.81.